The SMILES string of the molecule is COCCCSc1ncc(C(C)(C)C)o1. The van der Waals surface area contributed by atoms with E-state index >= 15 is 0 Å². The van der Waals surface area contributed by atoms with Crippen molar-refractivity contribution in [1.29, 1.82) is 0 Å². The molecule has 1 aromatic heterocycles. The van der Waals surface area contributed by atoms with Crippen LogP contribution >= 0.6 is 11.8 Å². The minimum Gasteiger partial charge on any atom is -0.436 e. The van der Waals surface area contributed by atoms with Crippen molar-refractivity contribution in [2.24, 2.45) is 0 Å². The first-order valence-corrected chi connectivity index (χ1v) is 6.10. The van der Waals surface area contributed by atoms with Gasteiger partial charge in [0.2, 0.25) is 0 Å². The van der Waals surface area contributed by atoms with Crippen LogP contribution < -0.4 is 0 Å². The van der Waals surface area contributed by atoms with Crippen molar-refractivity contribution in [2.75, 3.05) is 19.5 Å². The summed E-state index contributed by atoms with van der Waals surface area (Å²) in [6.45, 7) is 7.15. The van der Waals surface area contributed by atoms with Gasteiger partial charge in [-0.15, -0.1) is 0 Å². The van der Waals surface area contributed by atoms with E-state index in [1.165, 1.54) is 0 Å². The van der Waals surface area contributed by atoms with Crippen LogP contribution in [-0.2, 0) is 10.2 Å². The second-order valence-electron chi connectivity index (χ2n) is 4.44. The van der Waals surface area contributed by atoms with Gasteiger partial charge in [0.15, 0.2) is 0 Å². The Hall–Kier alpha value is -0.480. The fourth-order valence-corrected chi connectivity index (χ4v) is 1.75. The highest BCUT2D eigenvalue weighted by Gasteiger charge is 2.19. The summed E-state index contributed by atoms with van der Waals surface area (Å²) in [5.41, 5.74) is 0.0400. The first-order chi connectivity index (χ1) is 7.04. The molecule has 86 valence electrons. The summed E-state index contributed by atoms with van der Waals surface area (Å²) < 4.78 is 10.6. The van der Waals surface area contributed by atoms with E-state index in [1.54, 1.807) is 18.9 Å². The lowest BCUT2D eigenvalue weighted by atomic mass is 9.94. The standard InChI is InChI=1S/C11H19NO2S/c1-11(2,3)9-8-12-10(14-9)15-7-5-6-13-4/h8H,5-7H2,1-4H3. The Kier molecular flexibility index (Phi) is 4.67. The third-order valence-corrected chi connectivity index (χ3v) is 2.87. The molecule has 0 saturated heterocycles. The van der Waals surface area contributed by atoms with Crippen molar-refractivity contribution >= 4 is 11.8 Å². The molecule has 1 heterocycles. The van der Waals surface area contributed by atoms with Crippen LogP contribution in [0.3, 0.4) is 0 Å². The topological polar surface area (TPSA) is 35.3 Å². The molecule has 0 aliphatic heterocycles. The average Bonchev–Trinajstić information content (AvgIpc) is 2.60. The van der Waals surface area contributed by atoms with Crippen molar-refractivity contribution in [2.45, 2.75) is 37.8 Å². The quantitative estimate of drug-likeness (QED) is 0.574. The largest absolute Gasteiger partial charge is 0.436 e. The molecule has 0 aliphatic carbocycles. The van der Waals surface area contributed by atoms with Gasteiger partial charge < -0.3 is 9.15 Å². The van der Waals surface area contributed by atoms with Gasteiger partial charge in [-0.05, 0) is 6.42 Å². The number of rotatable bonds is 5. The van der Waals surface area contributed by atoms with E-state index in [2.05, 4.69) is 25.8 Å². The summed E-state index contributed by atoms with van der Waals surface area (Å²) in [6, 6.07) is 0. The maximum atomic E-state index is 5.64. The number of thioether (sulfide) groups is 1. The smallest absolute Gasteiger partial charge is 0.255 e. The first-order valence-electron chi connectivity index (χ1n) is 5.12. The van der Waals surface area contributed by atoms with Gasteiger partial charge in [0.25, 0.3) is 5.22 Å². The minimum atomic E-state index is 0.0400. The van der Waals surface area contributed by atoms with Crippen molar-refractivity contribution in [1.82, 2.24) is 4.98 Å². The Morgan fingerprint density at radius 3 is 2.73 bits per heavy atom. The number of nitrogens with zero attached hydrogens (tertiary/aromatic N) is 1. The molecule has 0 aliphatic rings. The van der Waals surface area contributed by atoms with Crippen molar-refractivity contribution in [3.63, 3.8) is 0 Å². The Bertz CT molecular complexity index is 291. The van der Waals surface area contributed by atoms with Gasteiger partial charge in [-0.3, -0.25) is 0 Å². The van der Waals surface area contributed by atoms with E-state index in [9.17, 15) is 0 Å². The maximum Gasteiger partial charge on any atom is 0.255 e. The van der Waals surface area contributed by atoms with Gasteiger partial charge >= 0.3 is 0 Å². The van der Waals surface area contributed by atoms with Crippen LogP contribution in [0.25, 0.3) is 0 Å². The molecule has 0 radical (unpaired) electrons. The lowest BCUT2D eigenvalue weighted by molar-refractivity contribution is 0.200. The first kappa shape index (κ1) is 12.6. The van der Waals surface area contributed by atoms with Crippen LogP contribution in [0.5, 0.6) is 0 Å². The monoisotopic (exact) mass is 229 g/mol. The molecule has 0 amide bonds. The summed E-state index contributed by atoms with van der Waals surface area (Å²) in [7, 11) is 1.72. The molecule has 0 saturated carbocycles. The Morgan fingerprint density at radius 2 is 2.20 bits per heavy atom. The summed E-state index contributed by atoms with van der Waals surface area (Å²) in [6.07, 6.45) is 2.84. The minimum absolute atomic E-state index is 0.0400. The molecule has 0 atom stereocenters. The molecule has 4 heteroatoms. The molecule has 0 spiro atoms. The van der Waals surface area contributed by atoms with Gasteiger partial charge in [-0.1, -0.05) is 32.5 Å². The molecule has 1 aromatic rings. The molecule has 0 aromatic carbocycles. The van der Waals surface area contributed by atoms with Gasteiger partial charge in [-0.2, -0.15) is 0 Å². The van der Waals surface area contributed by atoms with Crippen LogP contribution in [0, 0.1) is 0 Å². The van der Waals surface area contributed by atoms with Gasteiger partial charge in [0, 0.05) is 24.9 Å². The zero-order valence-electron chi connectivity index (χ0n) is 9.87. The summed E-state index contributed by atoms with van der Waals surface area (Å²) in [5.74, 6) is 1.93. The number of oxazole rings is 1. The fraction of sp³-hybridized carbons (Fsp3) is 0.727. The lowest BCUT2D eigenvalue weighted by Crippen LogP contribution is -2.09. The third kappa shape index (κ3) is 4.26. The molecule has 15 heavy (non-hydrogen) atoms. The van der Waals surface area contributed by atoms with Gasteiger partial charge in [0.05, 0.1) is 6.20 Å². The Labute approximate surface area is 95.6 Å². The number of ether oxygens (including phenoxy) is 1. The van der Waals surface area contributed by atoms with Crippen molar-refractivity contribution in [3.05, 3.63) is 12.0 Å². The summed E-state index contributed by atoms with van der Waals surface area (Å²) in [4.78, 5) is 4.24. The predicted octanol–water partition coefficient (Wildman–Crippen LogP) is 3.10. The number of methoxy groups -OCH3 is 1. The molecular formula is C11H19NO2S. The van der Waals surface area contributed by atoms with E-state index < -0.39 is 0 Å². The zero-order chi connectivity index (χ0) is 11.3. The number of hydrogen-bond acceptors (Lipinski definition) is 4. The normalized spacial score (nSPS) is 12.0. The van der Waals surface area contributed by atoms with E-state index in [1.807, 2.05) is 6.20 Å². The fourth-order valence-electron chi connectivity index (χ4n) is 1.03. The summed E-state index contributed by atoms with van der Waals surface area (Å²) >= 11 is 1.64. The Morgan fingerprint density at radius 1 is 1.47 bits per heavy atom. The number of hydrogen-bond donors (Lipinski definition) is 0. The maximum absolute atomic E-state index is 5.64. The highest BCUT2D eigenvalue weighted by molar-refractivity contribution is 7.99. The van der Waals surface area contributed by atoms with Crippen LogP contribution in [-0.4, -0.2) is 24.5 Å². The molecule has 0 bridgehead atoms. The van der Waals surface area contributed by atoms with Crippen LogP contribution in [0.4, 0.5) is 0 Å². The third-order valence-electron chi connectivity index (χ3n) is 1.94. The molecule has 0 unspecified atom stereocenters. The van der Waals surface area contributed by atoms with Gasteiger partial charge in [0.1, 0.15) is 5.76 Å². The van der Waals surface area contributed by atoms with E-state index in [0.717, 1.165) is 29.8 Å². The molecule has 3 nitrogen and oxygen atoms in total. The summed E-state index contributed by atoms with van der Waals surface area (Å²) in [5, 5.41) is 0.760. The van der Waals surface area contributed by atoms with Crippen molar-refractivity contribution in [3.8, 4) is 0 Å². The molecule has 0 fully saturated rings. The molecular weight excluding hydrogens is 210 g/mol. The highest BCUT2D eigenvalue weighted by Crippen LogP contribution is 2.26. The van der Waals surface area contributed by atoms with Crippen LogP contribution in [0.15, 0.2) is 15.8 Å². The predicted molar refractivity (Wildman–Crippen MR) is 62.4 cm³/mol. The second kappa shape index (κ2) is 5.56. The molecule has 1 rings (SSSR count). The van der Waals surface area contributed by atoms with E-state index in [-0.39, 0.29) is 5.41 Å². The van der Waals surface area contributed by atoms with E-state index in [4.69, 9.17) is 9.15 Å². The van der Waals surface area contributed by atoms with Crippen LogP contribution in [0.2, 0.25) is 0 Å². The van der Waals surface area contributed by atoms with Crippen LogP contribution in [0.1, 0.15) is 33.0 Å². The zero-order valence-corrected chi connectivity index (χ0v) is 10.7. The molecule has 0 N–H and O–H groups in total. The van der Waals surface area contributed by atoms with E-state index in [0.29, 0.717) is 0 Å². The second-order valence-corrected chi connectivity index (χ2v) is 5.48. The lowest BCUT2D eigenvalue weighted by Gasteiger charge is -2.12. The van der Waals surface area contributed by atoms with Gasteiger partial charge in [-0.25, -0.2) is 4.98 Å². The van der Waals surface area contributed by atoms with Crippen molar-refractivity contribution < 1.29 is 9.15 Å². The Balaban J connectivity index is 2.40. The average molecular weight is 229 g/mol. The highest BCUT2D eigenvalue weighted by atomic mass is 32.2. The number of aromatic nitrogens is 1.